The topological polar surface area (TPSA) is 38.3 Å². The molecule has 0 fully saturated rings. The summed E-state index contributed by atoms with van der Waals surface area (Å²) in [6, 6.07) is 11.6. The fourth-order valence-corrected chi connectivity index (χ4v) is 3.67. The van der Waals surface area contributed by atoms with Crippen molar-refractivity contribution in [2.75, 3.05) is 18.2 Å². The minimum absolute atomic E-state index is 0.303. The third-order valence-electron chi connectivity index (χ3n) is 4.05. The van der Waals surface area contributed by atoms with E-state index in [-0.39, 0.29) is 5.82 Å². The molecule has 1 atom stereocenters. The molecule has 2 aromatic carbocycles. The van der Waals surface area contributed by atoms with Crippen LogP contribution in [-0.4, -0.2) is 18.8 Å². The summed E-state index contributed by atoms with van der Waals surface area (Å²) in [5.74, 6) is 0.766. The quantitative estimate of drug-likeness (QED) is 0.533. The Morgan fingerprint density at radius 3 is 2.73 bits per heavy atom. The van der Waals surface area contributed by atoms with Crippen molar-refractivity contribution in [3.63, 3.8) is 0 Å². The number of hydrogen-bond acceptors (Lipinski definition) is 4. The van der Waals surface area contributed by atoms with E-state index in [1.54, 1.807) is 30.0 Å². The first-order valence-electron chi connectivity index (χ1n) is 8.37. The summed E-state index contributed by atoms with van der Waals surface area (Å²) in [5, 5.41) is 3.19. The highest BCUT2D eigenvalue weighted by atomic mass is 32.2. The Morgan fingerprint density at radius 2 is 2.04 bits per heavy atom. The lowest BCUT2D eigenvalue weighted by molar-refractivity contribution is 0.0602. The zero-order chi connectivity index (χ0) is 18.4. The molecule has 26 heavy (non-hydrogen) atoms. The predicted molar refractivity (Wildman–Crippen MR) is 105 cm³/mol. The molecule has 1 N–H and O–H groups in total. The summed E-state index contributed by atoms with van der Waals surface area (Å²) < 4.78 is 18.0. The maximum atomic E-state index is 13.1. The molecule has 1 aliphatic rings. The molecular weight excluding hydrogens is 349 g/mol. The van der Waals surface area contributed by atoms with Crippen LogP contribution in [0, 0.1) is 11.7 Å². The van der Waals surface area contributed by atoms with Crippen LogP contribution < -0.4 is 5.32 Å². The molecule has 0 radical (unpaired) electrons. The van der Waals surface area contributed by atoms with E-state index in [4.69, 9.17) is 4.74 Å². The second-order valence-corrected chi connectivity index (χ2v) is 7.04. The van der Waals surface area contributed by atoms with E-state index in [1.165, 1.54) is 19.2 Å². The maximum absolute atomic E-state index is 13.1. The van der Waals surface area contributed by atoms with Gasteiger partial charge in [-0.3, -0.25) is 0 Å². The molecule has 134 valence electrons. The first-order valence-corrected chi connectivity index (χ1v) is 9.35. The van der Waals surface area contributed by atoms with Crippen LogP contribution in [0.1, 0.15) is 16.8 Å². The third kappa shape index (κ3) is 4.76. The number of halogens is 1. The van der Waals surface area contributed by atoms with Gasteiger partial charge >= 0.3 is 5.97 Å². The number of carbonyl (C=O) groups is 1. The minimum atomic E-state index is -0.411. The highest BCUT2D eigenvalue weighted by Crippen LogP contribution is 2.30. The standard InChI is InChI=1S/C21H20FNO2S/c1-25-21(24)19-12-11-18(26-14-15-5-3-2-4-6-15)13-20(19)23-17-9-7-16(22)8-10-17/h2-5,7-13,15,23H,6,14H2,1H3. The smallest absolute Gasteiger partial charge is 0.339 e. The van der Waals surface area contributed by atoms with Gasteiger partial charge in [0.15, 0.2) is 0 Å². The van der Waals surface area contributed by atoms with E-state index in [2.05, 4.69) is 29.6 Å². The summed E-state index contributed by atoms with van der Waals surface area (Å²) in [7, 11) is 1.36. The van der Waals surface area contributed by atoms with Crippen LogP contribution in [0.25, 0.3) is 0 Å². The van der Waals surface area contributed by atoms with Gasteiger partial charge in [0, 0.05) is 16.3 Å². The molecule has 0 amide bonds. The van der Waals surface area contributed by atoms with Gasteiger partial charge in [0.05, 0.1) is 18.4 Å². The number of thioether (sulfide) groups is 1. The fourth-order valence-electron chi connectivity index (χ4n) is 2.65. The average molecular weight is 369 g/mol. The molecule has 0 aromatic heterocycles. The number of allylic oxidation sites excluding steroid dienone is 4. The maximum Gasteiger partial charge on any atom is 0.339 e. The van der Waals surface area contributed by atoms with E-state index < -0.39 is 5.97 Å². The Bertz CT molecular complexity index is 830. The normalized spacial score (nSPS) is 15.7. The molecular formula is C21H20FNO2S. The van der Waals surface area contributed by atoms with E-state index >= 15 is 0 Å². The highest BCUT2D eigenvalue weighted by Gasteiger charge is 2.14. The lowest BCUT2D eigenvalue weighted by Crippen LogP contribution is -2.06. The second-order valence-electron chi connectivity index (χ2n) is 5.95. The van der Waals surface area contributed by atoms with Gasteiger partial charge in [0.25, 0.3) is 0 Å². The van der Waals surface area contributed by atoms with Crippen molar-refractivity contribution in [3.8, 4) is 0 Å². The summed E-state index contributed by atoms with van der Waals surface area (Å²) in [5.41, 5.74) is 1.80. The minimum Gasteiger partial charge on any atom is -0.465 e. The Labute approximate surface area is 157 Å². The van der Waals surface area contributed by atoms with Gasteiger partial charge < -0.3 is 10.1 Å². The SMILES string of the molecule is COC(=O)c1ccc(SCC2C=CC=CC2)cc1Nc1ccc(F)cc1. The van der Waals surface area contributed by atoms with Gasteiger partial charge in [-0.15, -0.1) is 11.8 Å². The van der Waals surface area contributed by atoms with Crippen molar-refractivity contribution < 1.29 is 13.9 Å². The van der Waals surface area contributed by atoms with Crippen LogP contribution >= 0.6 is 11.8 Å². The molecule has 0 saturated heterocycles. The zero-order valence-electron chi connectivity index (χ0n) is 14.4. The van der Waals surface area contributed by atoms with Crippen LogP contribution in [0.2, 0.25) is 0 Å². The van der Waals surface area contributed by atoms with Crippen molar-refractivity contribution in [1.29, 1.82) is 0 Å². The van der Waals surface area contributed by atoms with Crippen LogP contribution in [0.3, 0.4) is 0 Å². The molecule has 0 spiro atoms. The van der Waals surface area contributed by atoms with Crippen LogP contribution in [0.4, 0.5) is 15.8 Å². The summed E-state index contributed by atoms with van der Waals surface area (Å²) in [4.78, 5) is 13.1. The lowest BCUT2D eigenvalue weighted by atomic mass is 10.0. The van der Waals surface area contributed by atoms with Crippen molar-refractivity contribution >= 4 is 29.1 Å². The van der Waals surface area contributed by atoms with E-state index in [0.29, 0.717) is 22.9 Å². The van der Waals surface area contributed by atoms with Gasteiger partial charge in [0.2, 0.25) is 0 Å². The van der Waals surface area contributed by atoms with E-state index in [0.717, 1.165) is 17.1 Å². The van der Waals surface area contributed by atoms with Crippen molar-refractivity contribution in [2.24, 2.45) is 5.92 Å². The Kier molecular flexibility index (Phi) is 6.12. The largest absolute Gasteiger partial charge is 0.465 e. The lowest BCUT2D eigenvalue weighted by Gasteiger charge is -2.15. The first kappa shape index (κ1) is 18.3. The van der Waals surface area contributed by atoms with Crippen molar-refractivity contribution in [3.05, 3.63) is 78.1 Å². The van der Waals surface area contributed by atoms with E-state index in [9.17, 15) is 9.18 Å². The van der Waals surface area contributed by atoms with Gasteiger partial charge in [-0.25, -0.2) is 9.18 Å². The number of ether oxygens (including phenoxy) is 1. The number of esters is 1. The van der Waals surface area contributed by atoms with Gasteiger partial charge in [0.1, 0.15) is 5.82 Å². The molecule has 0 heterocycles. The van der Waals surface area contributed by atoms with Crippen LogP contribution in [-0.2, 0) is 4.74 Å². The zero-order valence-corrected chi connectivity index (χ0v) is 15.3. The Balaban J connectivity index is 1.79. The van der Waals surface area contributed by atoms with E-state index in [1.807, 2.05) is 12.1 Å². The average Bonchev–Trinajstić information content (AvgIpc) is 2.68. The number of benzene rings is 2. The molecule has 5 heteroatoms. The number of anilines is 2. The predicted octanol–water partition coefficient (Wildman–Crippen LogP) is 5.58. The number of carbonyl (C=O) groups excluding carboxylic acids is 1. The molecule has 0 bridgehead atoms. The summed E-state index contributed by atoms with van der Waals surface area (Å²) in [6.07, 6.45) is 9.58. The number of methoxy groups -OCH3 is 1. The molecule has 2 aromatic rings. The van der Waals surface area contributed by atoms with Crippen molar-refractivity contribution in [1.82, 2.24) is 0 Å². The third-order valence-corrected chi connectivity index (χ3v) is 5.24. The number of rotatable bonds is 6. The highest BCUT2D eigenvalue weighted by molar-refractivity contribution is 7.99. The van der Waals surface area contributed by atoms with Crippen molar-refractivity contribution in [2.45, 2.75) is 11.3 Å². The van der Waals surface area contributed by atoms with Gasteiger partial charge in [-0.05, 0) is 54.8 Å². The monoisotopic (exact) mass is 369 g/mol. The molecule has 3 rings (SSSR count). The van der Waals surface area contributed by atoms with Gasteiger partial charge in [-0.1, -0.05) is 24.3 Å². The van der Waals surface area contributed by atoms with Gasteiger partial charge in [-0.2, -0.15) is 0 Å². The van der Waals surface area contributed by atoms with Crippen LogP contribution in [0.15, 0.2) is 71.7 Å². The molecule has 1 aliphatic carbocycles. The second kappa shape index (κ2) is 8.72. The molecule has 3 nitrogen and oxygen atoms in total. The first-order chi connectivity index (χ1) is 12.7. The Morgan fingerprint density at radius 1 is 1.23 bits per heavy atom. The van der Waals surface area contributed by atoms with Crippen LogP contribution in [0.5, 0.6) is 0 Å². The summed E-state index contributed by atoms with van der Waals surface area (Å²) >= 11 is 1.74. The number of nitrogens with one attached hydrogen (secondary N) is 1. The molecule has 0 aliphatic heterocycles. The molecule has 0 saturated carbocycles. The number of hydrogen-bond donors (Lipinski definition) is 1. The fraction of sp³-hybridized carbons (Fsp3) is 0.190. The Hall–Kier alpha value is -2.53. The summed E-state index contributed by atoms with van der Waals surface area (Å²) in [6.45, 7) is 0. The molecule has 1 unspecified atom stereocenters.